The van der Waals surface area contributed by atoms with Crippen LogP contribution in [0.25, 0.3) is 0 Å². The van der Waals surface area contributed by atoms with Crippen LogP contribution in [0, 0.1) is 17.8 Å². The van der Waals surface area contributed by atoms with Crippen LogP contribution in [0.5, 0.6) is 0 Å². The Labute approximate surface area is 114 Å². The van der Waals surface area contributed by atoms with E-state index in [4.69, 9.17) is 0 Å². The standard InChI is InChI=1S/C16H32N2/c1-6-13(4)15-9-17-16(5,14-7-8-14)11-18(15)10-12(2)3/h12-15,17H,6-11H2,1-5H3. The molecule has 0 spiro atoms. The maximum atomic E-state index is 3.88. The molecule has 1 saturated heterocycles. The maximum absolute atomic E-state index is 3.88. The van der Waals surface area contributed by atoms with Gasteiger partial charge in [0.2, 0.25) is 0 Å². The Morgan fingerprint density at radius 1 is 1.28 bits per heavy atom. The van der Waals surface area contributed by atoms with E-state index in [0.717, 1.165) is 23.8 Å². The predicted octanol–water partition coefficient (Wildman–Crippen LogP) is 3.13. The molecule has 2 heteroatoms. The van der Waals surface area contributed by atoms with Gasteiger partial charge < -0.3 is 5.32 Å². The Kier molecular flexibility index (Phi) is 4.38. The minimum absolute atomic E-state index is 0.388. The second-order valence-corrected chi connectivity index (χ2v) is 7.35. The molecule has 1 saturated carbocycles. The topological polar surface area (TPSA) is 15.3 Å². The van der Waals surface area contributed by atoms with Gasteiger partial charge in [-0.05, 0) is 37.5 Å². The summed E-state index contributed by atoms with van der Waals surface area (Å²) in [6.45, 7) is 15.6. The second kappa shape index (κ2) is 5.50. The summed E-state index contributed by atoms with van der Waals surface area (Å²) in [7, 11) is 0. The molecular weight excluding hydrogens is 220 g/mol. The summed E-state index contributed by atoms with van der Waals surface area (Å²) >= 11 is 0. The van der Waals surface area contributed by atoms with E-state index in [9.17, 15) is 0 Å². The molecule has 0 aromatic rings. The lowest BCUT2D eigenvalue weighted by molar-refractivity contribution is 0.0390. The Hall–Kier alpha value is -0.0800. The molecule has 1 aliphatic heterocycles. The third kappa shape index (κ3) is 3.08. The van der Waals surface area contributed by atoms with Crippen LogP contribution in [0.3, 0.4) is 0 Å². The van der Waals surface area contributed by atoms with E-state index < -0.39 is 0 Å². The summed E-state index contributed by atoms with van der Waals surface area (Å²) < 4.78 is 0. The third-order valence-corrected chi connectivity index (χ3v) is 5.09. The first-order valence-electron chi connectivity index (χ1n) is 7.95. The van der Waals surface area contributed by atoms with Gasteiger partial charge in [0.25, 0.3) is 0 Å². The molecule has 18 heavy (non-hydrogen) atoms. The van der Waals surface area contributed by atoms with E-state index in [1.54, 1.807) is 0 Å². The fourth-order valence-corrected chi connectivity index (χ4v) is 3.56. The molecule has 3 unspecified atom stereocenters. The Morgan fingerprint density at radius 2 is 1.94 bits per heavy atom. The van der Waals surface area contributed by atoms with Gasteiger partial charge in [-0.3, -0.25) is 4.90 Å². The van der Waals surface area contributed by atoms with Gasteiger partial charge in [-0.15, -0.1) is 0 Å². The lowest BCUT2D eigenvalue weighted by Gasteiger charge is -2.49. The SMILES string of the molecule is CCC(C)C1CNC(C)(C2CC2)CN1CC(C)C. The highest BCUT2D eigenvalue weighted by Crippen LogP contribution is 2.42. The summed E-state index contributed by atoms with van der Waals surface area (Å²) in [6, 6.07) is 0.740. The smallest absolute Gasteiger partial charge is 0.0309 e. The Balaban J connectivity index is 2.04. The van der Waals surface area contributed by atoms with Gasteiger partial charge in [0, 0.05) is 31.2 Å². The van der Waals surface area contributed by atoms with Crippen molar-refractivity contribution in [1.82, 2.24) is 10.2 Å². The van der Waals surface area contributed by atoms with Crippen LogP contribution in [0.15, 0.2) is 0 Å². The fraction of sp³-hybridized carbons (Fsp3) is 1.00. The van der Waals surface area contributed by atoms with E-state index in [2.05, 4.69) is 44.8 Å². The third-order valence-electron chi connectivity index (χ3n) is 5.09. The highest BCUT2D eigenvalue weighted by atomic mass is 15.3. The van der Waals surface area contributed by atoms with Crippen molar-refractivity contribution in [3.8, 4) is 0 Å². The number of hydrogen-bond acceptors (Lipinski definition) is 2. The van der Waals surface area contributed by atoms with Crippen molar-refractivity contribution in [1.29, 1.82) is 0 Å². The van der Waals surface area contributed by atoms with Gasteiger partial charge in [-0.25, -0.2) is 0 Å². The summed E-state index contributed by atoms with van der Waals surface area (Å²) in [5.74, 6) is 2.52. The zero-order valence-corrected chi connectivity index (χ0v) is 13.0. The van der Waals surface area contributed by atoms with Gasteiger partial charge in [0.15, 0.2) is 0 Å². The molecule has 1 heterocycles. The lowest BCUT2D eigenvalue weighted by atomic mass is 9.86. The Bertz CT molecular complexity index is 272. The molecule has 1 N–H and O–H groups in total. The van der Waals surface area contributed by atoms with E-state index >= 15 is 0 Å². The molecule has 0 aromatic carbocycles. The number of nitrogens with zero attached hydrogens (tertiary/aromatic N) is 1. The zero-order valence-electron chi connectivity index (χ0n) is 13.0. The Morgan fingerprint density at radius 3 is 2.44 bits per heavy atom. The molecule has 1 aliphatic carbocycles. The van der Waals surface area contributed by atoms with E-state index in [1.807, 2.05) is 0 Å². The quantitative estimate of drug-likeness (QED) is 0.809. The van der Waals surface area contributed by atoms with Gasteiger partial charge in [0.05, 0.1) is 0 Å². The van der Waals surface area contributed by atoms with E-state index in [1.165, 1.54) is 38.9 Å². The molecule has 2 fully saturated rings. The summed E-state index contributed by atoms with van der Waals surface area (Å²) in [5, 5.41) is 3.88. The van der Waals surface area contributed by atoms with Crippen molar-refractivity contribution >= 4 is 0 Å². The first-order chi connectivity index (χ1) is 8.46. The van der Waals surface area contributed by atoms with E-state index in [0.29, 0.717) is 5.54 Å². The summed E-state index contributed by atoms with van der Waals surface area (Å²) in [4.78, 5) is 2.79. The summed E-state index contributed by atoms with van der Waals surface area (Å²) in [5.41, 5.74) is 0.388. The first kappa shape index (κ1) is 14.3. The number of nitrogens with one attached hydrogen (secondary N) is 1. The second-order valence-electron chi connectivity index (χ2n) is 7.35. The van der Waals surface area contributed by atoms with Gasteiger partial charge >= 0.3 is 0 Å². The number of rotatable bonds is 5. The van der Waals surface area contributed by atoms with Crippen molar-refractivity contribution in [3.63, 3.8) is 0 Å². The number of piperazine rings is 1. The average Bonchev–Trinajstić information content (AvgIpc) is 3.11. The minimum atomic E-state index is 0.388. The molecule has 2 rings (SSSR count). The summed E-state index contributed by atoms with van der Waals surface area (Å²) in [6.07, 6.45) is 4.17. The van der Waals surface area contributed by atoms with Crippen molar-refractivity contribution < 1.29 is 0 Å². The van der Waals surface area contributed by atoms with Gasteiger partial charge in [0.1, 0.15) is 0 Å². The minimum Gasteiger partial charge on any atom is -0.308 e. The van der Waals surface area contributed by atoms with Crippen LogP contribution < -0.4 is 5.32 Å². The first-order valence-corrected chi connectivity index (χ1v) is 7.95. The van der Waals surface area contributed by atoms with Crippen LogP contribution in [-0.4, -0.2) is 36.1 Å². The van der Waals surface area contributed by atoms with Crippen molar-refractivity contribution in [2.75, 3.05) is 19.6 Å². The molecule has 0 radical (unpaired) electrons. The van der Waals surface area contributed by atoms with Crippen LogP contribution in [-0.2, 0) is 0 Å². The van der Waals surface area contributed by atoms with Crippen LogP contribution in [0.1, 0.15) is 53.9 Å². The molecule has 0 bridgehead atoms. The average molecular weight is 252 g/mol. The lowest BCUT2D eigenvalue weighted by Crippen LogP contribution is -2.65. The van der Waals surface area contributed by atoms with Crippen molar-refractivity contribution in [3.05, 3.63) is 0 Å². The van der Waals surface area contributed by atoms with Gasteiger partial charge in [-0.1, -0.05) is 34.1 Å². The fourth-order valence-electron chi connectivity index (χ4n) is 3.56. The number of hydrogen-bond donors (Lipinski definition) is 1. The van der Waals surface area contributed by atoms with Crippen LogP contribution in [0.2, 0.25) is 0 Å². The van der Waals surface area contributed by atoms with E-state index in [-0.39, 0.29) is 0 Å². The van der Waals surface area contributed by atoms with Crippen molar-refractivity contribution in [2.24, 2.45) is 17.8 Å². The van der Waals surface area contributed by atoms with Crippen LogP contribution in [0.4, 0.5) is 0 Å². The predicted molar refractivity (Wildman–Crippen MR) is 78.8 cm³/mol. The normalized spacial score (nSPS) is 36.0. The van der Waals surface area contributed by atoms with Crippen molar-refractivity contribution in [2.45, 2.75) is 65.5 Å². The molecule has 3 atom stereocenters. The monoisotopic (exact) mass is 252 g/mol. The molecule has 0 amide bonds. The molecule has 2 nitrogen and oxygen atoms in total. The highest BCUT2D eigenvalue weighted by Gasteiger charge is 2.46. The largest absolute Gasteiger partial charge is 0.308 e. The zero-order chi connectivity index (χ0) is 13.3. The maximum Gasteiger partial charge on any atom is 0.0309 e. The molecular formula is C16H32N2. The van der Waals surface area contributed by atoms with Crippen LogP contribution >= 0.6 is 0 Å². The molecule has 2 aliphatic rings. The van der Waals surface area contributed by atoms with Gasteiger partial charge in [-0.2, -0.15) is 0 Å². The molecule has 0 aromatic heterocycles. The molecule has 106 valence electrons. The highest BCUT2D eigenvalue weighted by molar-refractivity contribution is 5.04.